The number of aromatic nitrogens is 1. The summed E-state index contributed by atoms with van der Waals surface area (Å²) in [6, 6.07) is 11.4. The van der Waals surface area contributed by atoms with Crippen molar-refractivity contribution in [3.8, 4) is 0 Å². The van der Waals surface area contributed by atoms with E-state index in [0.717, 1.165) is 44.5 Å². The van der Waals surface area contributed by atoms with Gasteiger partial charge in [0.15, 0.2) is 5.82 Å². The Bertz CT molecular complexity index is 1250. The first-order chi connectivity index (χ1) is 15.9. The van der Waals surface area contributed by atoms with Crippen molar-refractivity contribution in [3.05, 3.63) is 69.3 Å². The maximum atomic E-state index is 14.7. The van der Waals surface area contributed by atoms with Gasteiger partial charge < -0.3 is 5.32 Å². The SMILES string of the molecule is O=S(=O)(Nc1cscn1)c1cc(Cl)c(NCC2CCN([C@H]3CCc4ccccc43)C2)cc1F. The molecule has 1 aliphatic carbocycles. The number of benzene rings is 2. The summed E-state index contributed by atoms with van der Waals surface area (Å²) in [6.45, 7) is 2.65. The third-order valence-electron chi connectivity index (χ3n) is 6.42. The number of rotatable bonds is 7. The van der Waals surface area contributed by atoms with E-state index in [-0.39, 0.29) is 10.8 Å². The quantitative estimate of drug-likeness (QED) is 0.463. The highest BCUT2D eigenvalue weighted by atomic mass is 35.5. The molecule has 2 aliphatic rings. The van der Waals surface area contributed by atoms with Gasteiger partial charge in [-0.15, -0.1) is 11.3 Å². The maximum Gasteiger partial charge on any atom is 0.266 e. The van der Waals surface area contributed by atoms with Crippen LogP contribution < -0.4 is 10.0 Å². The lowest BCUT2D eigenvalue weighted by Crippen LogP contribution is -2.26. The second-order valence-corrected chi connectivity index (χ2v) is 11.3. The van der Waals surface area contributed by atoms with E-state index in [4.69, 9.17) is 11.6 Å². The zero-order valence-electron chi connectivity index (χ0n) is 17.8. The fraction of sp³-hybridized carbons (Fsp3) is 0.348. The van der Waals surface area contributed by atoms with Gasteiger partial charge in [0.1, 0.15) is 10.7 Å². The average Bonchev–Trinajstić information content (AvgIpc) is 3.54. The van der Waals surface area contributed by atoms with Crippen LogP contribution in [-0.2, 0) is 16.4 Å². The molecule has 2 heterocycles. The molecule has 33 heavy (non-hydrogen) atoms. The first-order valence-electron chi connectivity index (χ1n) is 10.9. The molecule has 2 N–H and O–H groups in total. The minimum Gasteiger partial charge on any atom is -0.383 e. The molecule has 6 nitrogen and oxygen atoms in total. The summed E-state index contributed by atoms with van der Waals surface area (Å²) < 4.78 is 42.0. The Morgan fingerprint density at radius 3 is 2.91 bits per heavy atom. The number of nitrogens with zero attached hydrogens (tertiary/aromatic N) is 2. The third kappa shape index (κ3) is 4.73. The van der Waals surface area contributed by atoms with Crippen LogP contribution in [0.1, 0.15) is 30.0 Å². The molecule has 10 heteroatoms. The van der Waals surface area contributed by atoms with Crippen molar-refractivity contribution in [2.45, 2.75) is 30.2 Å². The molecule has 1 saturated heterocycles. The van der Waals surface area contributed by atoms with Crippen LogP contribution in [0.15, 0.2) is 52.2 Å². The van der Waals surface area contributed by atoms with Crippen LogP contribution in [0.5, 0.6) is 0 Å². The molecule has 1 aliphatic heterocycles. The van der Waals surface area contributed by atoms with E-state index in [2.05, 4.69) is 44.2 Å². The van der Waals surface area contributed by atoms with E-state index in [1.54, 1.807) is 0 Å². The molecule has 2 atom stereocenters. The summed E-state index contributed by atoms with van der Waals surface area (Å²) in [4.78, 5) is 5.91. The minimum absolute atomic E-state index is 0.147. The predicted molar refractivity (Wildman–Crippen MR) is 130 cm³/mol. The molecule has 1 fully saturated rings. The van der Waals surface area contributed by atoms with Crippen molar-refractivity contribution in [1.82, 2.24) is 9.88 Å². The highest BCUT2D eigenvalue weighted by Gasteiger charge is 2.33. The van der Waals surface area contributed by atoms with Gasteiger partial charge in [-0.3, -0.25) is 9.62 Å². The molecule has 3 aromatic rings. The van der Waals surface area contributed by atoms with Crippen molar-refractivity contribution >= 4 is 44.5 Å². The second kappa shape index (κ2) is 9.21. The summed E-state index contributed by atoms with van der Waals surface area (Å²) in [5.41, 5.74) is 4.78. The Hall–Kier alpha value is -2.20. The van der Waals surface area contributed by atoms with Gasteiger partial charge in [0.25, 0.3) is 10.0 Å². The molecule has 0 amide bonds. The number of aryl methyl sites for hydroxylation is 1. The number of likely N-dealkylation sites (tertiary alicyclic amines) is 1. The Kier molecular flexibility index (Phi) is 6.30. The molecule has 174 valence electrons. The number of nitrogens with one attached hydrogen (secondary N) is 2. The molecule has 0 saturated carbocycles. The molecular formula is C23H24ClFN4O2S2. The van der Waals surface area contributed by atoms with Gasteiger partial charge >= 0.3 is 0 Å². The molecule has 0 bridgehead atoms. The number of fused-ring (bicyclic) bond motifs is 1. The molecule has 0 spiro atoms. The lowest BCUT2D eigenvalue weighted by Gasteiger charge is -2.25. The summed E-state index contributed by atoms with van der Waals surface area (Å²) in [6.07, 6.45) is 3.33. The number of anilines is 2. The van der Waals surface area contributed by atoms with E-state index >= 15 is 0 Å². The van der Waals surface area contributed by atoms with Gasteiger partial charge in [0.05, 0.1) is 16.2 Å². The average molecular weight is 507 g/mol. The van der Waals surface area contributed by atoms with Crippen molar-refractivity contribution in [1.29, 1.82) is 0 Å². The first-order valence-corrected chi connectivity index (χ1v) is 13.7. The fourth-order valence-corrected chi connectivity index (χ4v) is 6.75. The van der Waals surface area contributed by atoms with E-state index in [1.165, 1.54) is 33.4 Å². The van der Waals surface area contributed by atoms with Gasteiger partial charge in [-0.05, 0) is 55.0 Å². The summed E-state index contributed by atoms with van der Waals surface area (Å²) in [7, 11) is -4.12. The van der Waals surface area contributed by atoms with Crippen molar-refractivity contribution in [3.63, 3.8) is 0 Å². The number of sulfonamides is 1. The topological polar surface area (TPSA) is 74.3 Å². The fourth-order valence-electron chi connectivity index (χ4n) is 4.81. The smallest absolute Gasteiger partial charge is 0.266 e. The van der Waals surface area contributed by atoms with Crippen LogP contribution in [0.4, 0.5) is 15.9 Å². The highest BCUT2D eigenvalue weighted by Crippen LogP contribution is 2.38. The van der Waals surface area contributed by atoms with Crippen molar-refractivity contribution in [2.24, 2.45) is 5.92 Å². The summed E-state index contributed by atoms with van der Waals surface area (Å²) >= 11 is 7.56. The van der Waals surface area contributed by atoms with Crippen LogP contribution in [-0.4, -0.2) is 37.9 Å². The monoisotopic (exact) mass is 506 g/mol. The Labute approximate surface area is 201 Å². The van der Waals surface area contributed by atoms with Gasteiger partial charge in [-0.2, -0.15) is 0 Å². The van der Waals surface area contributed by atoms with Crippen LogP contribution in [0.2, 0.25) is 5.02 Å². The largest absolute Gasteiger partial charge is 0.383 e. The second-order valence-electron chi connectivity index (χ2n) is 8.53. The molecule has 0 radical (unpaired) electrons. The van der Waals surface area contributed by atoms with Gasteiger partial charge in [0, 0.05) is 24.5 Å². The number of thiazole rings is 1. The molecule has 5 rings (SSSR count). The zero-order valence-corrected chi connectivity index (χ0v) is 20.2. The van der Waals surface area contributed by atoms with E-state index in [0.29, 0.717) is 24.2 Å². The van der Waals surface area contributed by atoms with Crippen molar-refractivity contribution < 1.29 is 12.8 Å². The zero-order chi connectivity index (χ0) is 23.0. The Morgan fingerprint density at radius 1 is 1.24 bits per heavy atom. The summed E-state index contributed by atoms with van der Waals surface area (Å²) in [5.74, 6) is -0.305. The van der Waals surface area contributed by atoms with Gasteiger partial charge in [-0.1, -0.05) is 35.9 Å². The molecule has 1 aromatic heterocycles. The minimum atomic E-state index is -4.12. The highest BCUT2D eigenvalue weighted by molar-refractivity contribution is 7.92. The van der Waals surface area contributed by atoms with Gasteiger partial charge in [0.2, 0.25) is 0 Å². The van der Waals surface area contributed by atoms with Crippen LogP contribution in [0.25, 0.3) is 0 Å². The van der Waals surface area contributed by atoms with E-state index < -0.39 is 20.7 Å². The summed E-state index contributed by atoms with van der Waals surface area (Å²) in [5, 5.41) is 4.92. The van der Waals surface area contributed by atoms with Crippen LogP contribution >= 0.6 is 22.9 Å². The standard InChI is InChI=1S/C23H24ClFN4O2S2/c24-18-9-22(33(30,31)28-23-13-32-14-27-23)19(25)10-20(18)26-11-15-7-8-29(12-15)21-6-5-16-3-1-2-4-17(16)21/h1-4,9-10,13-15,21,26,28H,5-8,11-12H2/t15?,21-/m0/s1. The Morgan fingerprint density at radius 2 is 2.09 bits per heavy atom. The lowest BCUT2D eigenvalue weighted by atomic mass is 10.1. The number of hydrogen-bond donors (Lipinski definition) is 2. The van der Waals surface area contributed by atoms with E-state index in [9.17, 15) is 12.8 Å². The molecule has 1 unspecified atom stereocenters. The first kappa shape index (κ1) is 22.6. The molecular weight excluding hydrogens is 483 g/mol. The lowest BCUT2D eigenvalue weighted by molar-refractivity contribution is 0.237. The normalized spacial score (nSPS) is 20.7. The predicted octanol–water partition coefficient (Wildman–Crippen LogP) is 5.16. The van der Waals surface area contributed by atoms with E-state index in [1.807, 2.05) is 0 Å². The van der Waals surface area contributed by atoms with Gasteiger partial charge in [-0.25, -0.2) is 17.8 Å². The maximum absolute atomic E-state index is 14.7. The Balaban J connectivity index is 1.22. The van der Waals surface area contributed by atoms with Crippen molar-refractivity contribution in [2.75, 3.05) is 29.7 Å². The number of halogens is 2. The number of hydrogen-bond acceptors (Lipinski definition) is 6. The van der Waals surface area contributed by atoms with Crippen LogP contribution in [0.3, 0.4) is 0 Å². The molecule has 2 aromatic carbocycles. The third-order valence-corrected chi connectivity index (χ3v) is 8.69. The van der Waals surface area contributed by atoms with Crippen LogP contribution in [0, 0.1) is 11.7 Å².